The molecule has 0 radical (unpaired) electrons. The molecule has 114 valence electrons. The summed E-state index contributed by atoms with van der Waals surface area (Å²) in [5.41, 5.74) is 4.99. The number of hydrogen-bond donors (Lipinski definition) is 3. The van der Waals surface area contributed by atoms with E-state index in [1.807, 2.05) is 0 Å². The fourth-order valence-electron chi connectivity index (χ4n) is 1.71. The normalized spacial score (nSPS) is 11.3. The van der Waals surface area contributed by atoms with Gasteiger partial charge in [-0.05, 0) is 12.1 Å². The van der Waals surface area contributed by atoms with Crippen molar-refractivity contribution in [3.8, 4) is 11.5 Å². The number of nitrogens with two attached hydrogens (primary N) is 1. The summed E-state index contributed by atoms with van der Waals surface area (Å²) in [6.45, 7) is 0. The zero-order chi connectivity index (χ0) is 16.0. The number of amides is 2. The van der Waals surface area contributed by atoms with Crippen molar-refractivity contribution >= 4 is 17.8 Å². The minimum atomic E-state index is -1.43. The Hall–Kier alpha value is -2.77. The molecule has 4 N–H and O–H groups in total. The van der Waals surface area contributed by atoms with Gasteiger partial charge in [-0.2, -0.15) is 0 Å². The van der Waals surface area contributed by atoms with Crippen LogP contribution in [0.25, 0.3) is 0 Å². The van der Waals surface area contributed by atoms with Gasteiger partial charge in [0.25, 0.3) is 5.91 Å². The van der Waals surface area contributed by atoms with Gasteiger partial charge in [0, 0.05) is 0 Å². The average Bonchev–Trinajstić information content (AvgIpc) is 2.44. The minimum absolute atomic E-state index is 0.0400. The van der Waals surface area contributed by atoms with Gasteiger partial charge in [-0.1, -0.05) is 6.07 Å². The molecular formula is C13H16N2O6. The number of carboxylic acid groups (broad SMARTS) is 1. The van der Waals surface area contributed by atoms with Crippen molar-refractivity contribution in [2.45, 2.75) is 12.5 Å². The van der Waals surface area contributed by atoms with Crippen molar-refractivity contribution in [2.75, 3.05) is 14.2 Å². The number of carboxylic acids is 1. The lowest BCUT2D eigenvalue weighted by Crippen LogP contribution is -2.43. The fraction of sp³-hybridized carbons (Fsp3) is 0.308. The van der Waals surface area contributed by atoms with Crippen LogP contribution in [0.3, 0.4) is 0 Å². The van der Waals surface area contributed by atoms with Crippen LogP contribution >= 0.6 is 0 Å². The Morgan fingerprint density at radius 2 is 1.76 bits per heavy atom. The molecule has 0 fully saturated rings. The van der Waals surface area contributed by atoms with Crippen LogP contribution in [0.2, 0.25) is 0 Å². The van der Waals surface area contributed by atoms with Crippen molar-refractivity contribution in [1.29, 1.82) is 0 Å². The van der Waals surface area contributed by atoms with Gasteiger partial charge in [-0.3, -0.25) is 9.59 Å². The Kier molecular flexibility index (Phi) is 5.53. The van der Waals surface area contributed by atoms with Gasteiger partial charge in [-0.25, -0.2) is 4.79 Å². The second-order valence-electron chi connectivity index (χ2n) is 4.07. The first-order valence-corrected chi connectivity index (χ1v) is 5.93. The van der Waals surface area contributed by atoms with Gasteiger partial charge in [0.1, 0.15) is 23.1 Å². The van der Waals surface area contributed by atoms with Crippen LogP contribution in [0.5, 0.6) is 11.5 Å². The summed E-state index contributed by atoms with van der Waals surface area (Å²) < 4.78 is 10.1. The molecule has 1 aromatic carbocycles. The van der Waals surface area contributed by atoms with E-state index in [0.29, 0.717) is 0 Å². The number of rotatable bonds is 7. The summed E-state index contributed by atoms with van der Waals surface area (Å²) in [6.07, 6.45) is -0.515. The van der Waals surface area contributed by atoms with Crippen LogP contribution < -0.4 is 20.5 Å². The molecule has 1 rings (SSSR count). The van der Waals surface area contributed by atoms with Crippen LogP contribution in [0.4, 0.5) is 0 Å². The fourth-order valence-corrected chi connectivity index (χ4v) is 1.71. The molecule has 8 heteroatoms. The number of primary amides is 1. The summed E-state index contributed by atoms with van der Waals surface area (Å²) in [6, 6.07) is 3.25. The van der Waals surface area contributed by atoms with Gasteiger partial charge in [-0.15, -0.1) is 0 Å². The van der Waals surface area contributed by atoms with Crippen molar-refractivity contribution in [3.05, 3.63) is 23.8 Å². The number of carbonyl (C=O) groups excluding carboxylic acids is 2. The molecule has 0 saturated heterocycles. The Morgan fingerprint density at radius 1 is 1.24 bits per heavy atom. The second kappa shape index (κ2) is 7.13. The molecule has 0 bridgehead atoms. The highest BCUT2D eigenvalue weighted by Gasteiger charge is 2.26. The Morgan fingerprint density at radius 3 is 2.14 bits per heavy atom. The molecule has 1 unspecified atom stereocenters. The standard InChI is InChI=1S/C13H16N2O6/c1-20-8-4-3-5-9(21-2)11(8)12(17)15-7(13(18)19)6-10(14)16/h3-5,7H,6H2,1-2H3,(H2,14,16)(H,15,17)(H,18,19). The van der Waals surface area contributed by atoms with Crippen molar-refractivity contribution in [2.24, 2.45) is 5.73 Å². The molecule has 8 nitrogen and oxygen atoms in total. The van der Waals surface area contributed by atoms with E-state index in [2.05, 4.69) is 5.32 Å². The van der Waals surface area contributed by atoms with E-state index in [1.54, 1.807) is 6.07 Å². The molecule has 0 spiro atoms. The van der Waals surface area contributed by atoms with Crippen LogP contribution in [-0.4, -0.2) is 43.2 Å². The van der Waals surface area contributed by atoms with E-state index in [1.165, 1.54) is 26.4 Å². The topological polar surface area (TPSA) is 128 Å². The average molecular weight is 296 g/mol. The van der Waals surface area contributed by atoms with Crippen LogP contribution in [-0.2, 0) is 9.59 Å². The van der Waals surface area contributed by atoms with Crippen LogP contribution in [0, 0.1) is 0 Å². The van der Waals surface area contributed by atoms with Gasteiger partial charge >= 0.3 is 5.97 Å². The Labute approximate surface area is 120 Å². The molecule has 21 heavy (non-hydrogen) atoms. The number of hydrogen-bond acceptors (Lipinski definition) is 5. The lowest BCUT2D eigenvalue weighted by Gasteiger charge is -2.16. The first-order chi connectivity index (χ1) is 9.90. The van der Waals surface area contributed by atoms with Crippen LogP contribution in [0.15, 0.2) is 18.2 Å². The van der Waals surface area contributed by atoms with E-state index >= 15 is 0 Å². The zero-order valence-corrected chi connectivity index (χ0v) is 11.6. The highest BCUT2D eigenvalue weighted by molar-refractivity contribution is 6.02. The van der Waals surface area contributed by atoms with Gasteiger partial charge in [0.15, 0.2) is 0 Å². The molecular weight excluding hydrogens is 280 g/mol. The Bertz CT molecular complexity index is 535. The number of benzene rings is 1. The lowest BCUT2D eigenvalue weighted by atomic mass is 10.1. The molecule has 0 saturated carbocycles. The number of nitrogens with one attached hydrogen (secondary N) is 1. The number of carbonyl (C=O) groups is 3. The highest BCUT2D eigenvalue weighted by Crippen LogP contribution is 2.28. The molecule has 0 aliphatic rings. The van der Waals surface area contributed by atoms with Crippen molar-refractivity contribution < 1.29 is 29.0 Å². The zero-order valence-electron chi connectivity index (χ0n) is 11.6. The molecule has 1 aromatic rings. The first kappa shape index (κ1) is 16.3. The maximum absolute atomic E-state index is 12.2. The third-order valence-electron chi connectivity index (χ3n) is 2.66. The van der Waals surface area contributed by atoms with E-state index < -0.39 is 30.2 Å². The van der Waals surface area contributed by atoms with Gasteiger partial charge in [0.05, 0.1) is 20.6 Å². The van der Waals surface area contributed by atoms with Gasteiger partial charge in [0.2, 0.25) is 5.91 Å². The van der Waals surface area contributed by atoms with Crippen molar-refractivity contribution in [1.82, 2.24) is 5.32 Å². The monoisotopic (exact) mass is 296 g/mol. The predicted octanol–water partition coefficient (Wildman–Crippen LogP) is -0.238. The quantitative estimate of drug-likeness (QED) is 0.637. The van der Waals surface area contributed by atoms with Gasteiger partial charge < -0.3 is 25.6 Å². The minimum Gasteiger partial charge on any atom is -0.496 e. The van der Waals surface area contributed by atoms with Crippen molar-refractivity contribution in [3.63, 3.8) is 0 Å². The molecule has 1 atom stereocenters. The number of methoxy groups -OCH3 is 2. The molecule has 0 heterocycles. The SMILES string of the molecule is COc1cccc(OC)c1C(=O)NC(CC(N)=O)C(=O)O. The Balaban J connectivity index is 3.07. The lowest BCUT2D eigenvalue weighted by molar-refractivity contribution is -0.140. The summed E-state index contributed by atoms with van der Waals surface area (Å²) in [5, 5.41) is 11.2. The van der Waals surface area contributed by atoms with E-state index in [9.17, 15) is 14.4 Å². The smallest absolute Gasteiger partial charge is 0.326 e. The molecule has 2 amide bonds. The van der Waals surface area contributed by atoms with E-state index in [4.69, 9.17) is 20.3 Å². The summed E-state index contributed by atoms with van der Waals surface area (Å²) >= 11 is 0. The number of ether oxygens (including phenoxy) is 2. The summed E-state index contributed by atoms with van der Waals surface area (Å²) in [7, 11) is 2.73. The summed E-state index contributed by atoms with van der Waals surface area (Å²) in [5.74, 6) is -2.51. The summed E-state index contributed by atoms with van der Waals surface area (Å²) in [4.78, 5) is 34.1. The third-order valence-corrected chi connectivity index (χ3v) is 2.66. The largest absolute Gasteiger partial charge is 0.496 e. The maximum Gasteiger partial charge on any atom is 0.326 e. The predicted molar refractivity (Wildman–Crippen MR) is 72.2 cm³/mol. The first-order valence-electron chi connectivity index (χ1n) is 5.93. The van der Waals surface area contributed by atoms with E-state index in [0.717, 1.165) is 0 Å². The molecule has 0 aliphatic carbocycles. The number of aliphatic carboxylic acids is 1. The second-order valence-corrected chi connectivity index (χ2v) is 4.07. The molecule has 0 aliphatic heterocycles. The van der Waals surface area contributed by atoms with Crippen LogP contribution in [0.1, 0.15) is 16.8 Å². The molecule has 0 aromatic heterocycles. The third kappa shape index (κ3) is 4.10. The van der Waals surface area contributed by atoms with E-state index in [-0.39, 0.29) is 17.1 Å². The maximum atomic E-state index is 12.2. The highest BCUT2D eigenvalue weighted by atomic mass is 16.5.